The minimum Gasteiger partial charge on any atom is -0.343 e. The first kappa shape index (κ1) is 23.3. The van der Waals surface area contributed by atoms with E-state index in [0.717, 1.165) is 11.1 Å². The minimum atomic E-state index is -0.804. The summed E-state index contributed by atoms with van der Waals surface area (Å²) < 4.78 is 0. The van der Waals surface area contributed by atoms with E-state index in [4.69, 9.17) is 0 Å². The van der Waals surface area contributed by atoms with Crippen molar-refractivity contribution in [3.8, 4) is 0 Å². The van der Waals surface area contributed by atoms with E-state index >= 15 is 0 Å². The summed E-state index contributed by atoms with van der Waals surface area (Å²) in [6, 6.07) is 3.39. The number of nitrogens with one attached hydrogen (secondary N) is 3. The number of nitrogens with zero attached hydrogens (tertiary/aromatic N) is 3. The summed E-state index contributed by atoms with van der Waals surface area (Å²) >= 11 is 0. The van der Waals surface area contributed by atoms with E-state index < -0.39 is 18.1 Å². The van der Waals surface area contributed by atoms with Crippen LogP contribution in [0, 0.1) is 12.8 Å². The fourth-order valence-corrected chi connectivity index (χ4v) is 3.61. The maximum atomic E-state index is 13.7. The first-order valence-corrected chi connectivity index (χ1v) is 10.7. The summed E-state index contributed by atoms with van der Waals surface area (Å²) in [5.41, 5.74) is 2.26. The lowest BCUT2D eigenvalue weighted by atomic mass is 10.0. The van der Waals surface area contributed by atoms with Crippen LogP contribution >= 0.6 is 0 Å². The SMILES string of the molecule is CN[C@@H](C)C(=O)N[C@H](C(=O)N1c2ncccc2C[C@H]1C(=O)Nc1cnccc1C)C(C)C. The number of amides is 3. The molecule has 1 aliphatic heterocycles. The van der Waals surface area contributed by atoms with Crippen molar-refractivity contribution in [1.82, 2.24) is 20.6 Å². The number of pyridine rings is 2. The van der Waals surface area contributed by atoms with Crippen molar-refractivity contribution in [3.05, 3.63) is 47.9 Å². The molecule has 3 rings (SSSR count). The number of fused-ring (bicyclic) bond motifs is 1. The van der Waals surface area contributed by atoms with E-state index in [2.05, 4.69) is 25.9 Å². The number of carbonyl (C=O) groups is 3. The third-order valence-corrected chi connectivity index (χ3v) is 5.71. The van der Waals surface area contributed by atoms with E-state index in [0.29, 0.717) is 17.9 Å². The molecule has 0 radical (unpaired) electrons. The van der Waals surface area contributed by atoms with Crippen molar-refractivity contribution in [1.29, 1.82) is 0 Å². The lowest BCUT2D eigenvalue weighted by molar-refractivity contribution is -0.130. The summed E-state index contributed by atoms with van der Waals surface area (Å²) in [7, 11) is 1.68. The maximum absolute atomic E-state index is 13.7. The highest BCUT2D eigenvalue weighted by atomic mass is 16.2. The number of aromatic nitrogens is 2. The molecule has 0 aliphatic carbocycles. The van der Waals surface area contributed by atoms with Crippen molar-refractivity contribution in [2.45, 2.75) is 52.2 Å². The fraction of sp³-hybridized carbons (Fsp3) is 0.435. The van der Waals surface area contributed by atoms with Gasteiger partial charge < -0.3 is 16.0 Å². The van der Waals surface area contributed by atoms with Crippen LogP contribution in [0.4, 0.5) is 11.5 Å². The molecule has 0 saturated heterocycles. The lowest BCUT2D eigenvalue weighted by Gasteiger charge is -2.31. The Morgan fingerprint density at radius 2 is 1.91 bits per heavy atom. The Balaban J connectivity index is 1.91. The second-order valence-electron chi connectivity index (χ2n) is 8.33. The van der Waals surface area contributed by atoms with Gasteiger partial charge in [0.2, 0.25) is 11.8 Å². The predicted molar refractivity (Wildman–Crippen MR) is 122 cm³/mol. The zero-order valence-electron chi connectivity index (χ0n) is 19.0. The van der Waals surface area contributed by atoms with Crippen molar-refractivity contribution in [3.63, 3.8) is 0 Å². The van der Waals surface area contributed by atoms with Crippen molar-refractivity contribution >= 4 is 29.2 Å². The highest BCUT2D eigenvalue weighted by molar-refractivity contribution is 6.09. The van der Waals surface area contributed by atoms with Gasteiger partial charge in [0.25, 0.3) is 5.91 Å². The number of aryl methyl sites for hydroxylation is 1. The summed E-state index contributed by atoms with van der Waals surface area (Å²) in [5, 5.41) is 8.59. The largest absolute Gasteiger partial charge is 0.343 e. The van der Waals surface area contributed by atoms with Gasteiger partial charge in [0.1, 0.15) is 17.9 Å². The van der Waals surface area contributed by atoms with Gasteiger partial charge in [-0.25, -0.2) is 4.98 Å². The first-order valence-electron chi connectivity index (χ1n) is 10.7. The second-order valence-corrected chi connectivity index (χ2v) is 8.33. The van der Waals surface area contributed by atoms with Gasteiger partial charge >= 0.3 is 0 Å². The molecule has 0 aromatic carbocycles. The van der Waals surface area contributed by atoms with Crippen LogP contribution in [0.15, 0.2) is 36.8 Å². The van der Waals surface area contributed by atoms with Gasteiger partial charge in [0.15, 0.2) is 0 Å². The molecule has 3 heterocycles. The topological polar surface area (TPSA) is 116 Å². The molecule has 0 bridgehead atoms. The van der Waals surface area contributed by atoms with Gasteiger partial charge in [-0.15, -0.1) is 0 Å². The Morgan fingerprint density at radius 1 is 1.16 bits per heavy atom. The molecule has 0 saturated carbocycles. The molecule has 1 aliphatic rings. The van der Waals surface area contributed by atoms with Crippen LogP contribution in [0.3, 0.4) is 0 Å². The van der Waals surface area contributed by atoms with Crippen LogP contribution < -0.4 is 20.9 Å². The zero-order chi connectivity index (χ0) is 23.4. The molecule has 9 nitrogen and oxygen atoms in total. The normalized spacial score (nSPS) is 16.9. The average molecular weight is 439 g/mol. The summed E-state index contributed by atoms with van der Waals surface area (Å²) in [6.07, 6.45) is 5.16. The van der Waals surface area contributed by atoms with Crippen LogP contribution in [0.2, 0.25) is 0 Å². The number of anilines is 2. The van der Waals surface area contributed by atoms with Crippen molar-refractivity contribution in [2.24, 2.45) is 5.92 Å². The van der Waals surface area contributed by atoms with E-state index in [9.17, 15) is 14.4 Å². The second kappa shape index (κ2) is 9.86. The Morgan fingerprint density at radius 3 is 2.56 bits per heavy atom. The minimum absolute atomic E-state index is 0.187. The predicted octanol–water partition coefficient (Wildman–Crippen LogP) is 1.43. The molecule has 0 spiro atoms. The average Bonchev–Trinajstić information content (AvgIpc) is 3.17. The van der Waals surface area contributed by atoms with Crippen LogP contribution in [-0.2, 0) is 20.8 Å². The standard InChI is InChI=1S/C23H30N6O3/c1-13(2)19(28-21(30)15(4)24-5)23(32)29-18(11-16-7-6-9-26-20(16)29)22(31)27-17-12-25-10-8-14(17)3/h6-10,12-13,15,18-19,24H,11H2,1-5H3,(H,27,31)(H,28,30)/t15-,18-,19-/m0/s1. The number of carbonyl (C=O) groups excluding carboxylic acids is 3. The van der Waals surface area contributed by atoms with E-state index in [-0.39, 0.29) is 23.6 Å². The van der Waals surface area contributed by atoms with Gasteiger partial charge in [-0.1, -0.05) is 19.9 Å². The summed E-state index contributed by atoms with van der Waals surface area (Å²) in [4.78, 5) is 49.3. The Kier molecular flexibility index (Phi) is 7.19. The molecule has 2 aromatic heterocycles. The third-order valence-electron chi connectivity index (χ3n) is 5.71. The molecular formula is C23H30N6O3. The van der Waals surface area contributed by atoms with Crippen LogP contribution in [0.25, 0.3) is 0 Å². The molecule has 32 heavy (non-hydrogen) atoms. The first-order chi connectivity index (χ1) is 15.2. The molecular weight excluding hydrogens is 408 g/mol. The fourth-order valence-electron chi connectivity index (χ4n) is 3.61. The molecule has 9 heteroatoms. The molecule has 3 N–H and O–H groups in total. The Bertz CT molecular complexity index is 1010. The van der Waals surface area contributed by atoms with E-state index in [1.807, 2.05) is 26.8 Å². The zero-order valence-corrected chi connectivity index (χ0v) is 19.0. The Hall–Kier alpha value is -3.33. The molecule has 2 aromatic rings. The number of hydrogen-bond donors (Lipinski definition) is 3. The quantitative estimate of drug-likeness (QED) is 0.602. The van der Waals surface area contributed by atoms with Gasteiger partial charge in [-0.2, -0.15) is 0 Å². The van der Waals surface area contributed by atoms with Gasteiger partial charge in [-0.3, -0.25) is 24.3 Å². The lowest BCUT2D eigenvalue weighted by Crippen LogP contribution is -2.57. The number of hydrogen-bond acceptors (Lipinski definition) is 6. The number of likely N-dealkylation sites (N-methyl/N-ethyl adjacent to an activating group) is 1. The van der Waals surface area contributed by atoms with Gasteiger partial charge in [0, 0.05) is 18.8 Å². The van der Waals surface area contributed by atoms with E-state index in [1.165, 1.54) is 4.90 Å². The van der Waals surface area contributed by atoms with Crippen molar-refractivity contribution < 1.29 is 14.4 Å². The maximum Gasteiger partial charge on any atom is 0.251 e. The summed E-state index contributed by atoms with van der Waals surface area (Å²) in [5.74, 6) is -0.719. The number of rotatable bonds is 7. The van der Waals surface area contributed by atoms with Crippen LogP contribution in [-0.4, -0.2) is 52.9 Å². The third kappa shape index (κ3) is 4.77. The summed E-state index contributed by atoms with van der Waals surface area (Å²) in [6.45, 7) is 7.31. The molecule has 170 valence electrons. The monoisotopic (exact) mass is 438 g/mol. The van der Waals surface area contributed by atoms with Crippen LogP contribution in [0.5, 0.6) is 0 Å². The van der Waals surface area contributed by atoms with Gasteiger partial charge in [0.05, 0.1) is 17.9 Å². The smallest absolute Gasteiger partial charge is 0.251 e. The molecule has 0 fully saturated rings. The van der Waals surface area contributed by atoms with Crippen LogP contribution in [0.1, 0.15) is 31.9 Å². The van der Waals surface area contributed by atoms with Crippen molar-refractivity contribution in [2.75, 3.05) is 17.3 Å². The Labute approximate surface area is 188 Å². The molecule has 0 unspecified atom stereocenters. The highest BCUT2D eigenvalue weighted by Gasteiger charge is 2.43. The molecule has 3 atom stereocenters. The molecule has 3 amide bonds. The van der Waals surface area contributed by atoms with Gasteiger partial charge in [-0.05, 0) is 50.1 Å². The highest BCUT2D eigenvalue weighted by Crippen LogP contribution is 2.32. The van der Waals surface area contributed by atoms with E-state index in [1.54, 1.807) is 44.7 Å².